The summed E-state index contributed by atoms with van der Waals surface area (Å²) >= 11 is 1.66. The van der Waals surface area contributed by atoms with Gasteiger partial charge in [0, 0.05) is 13.3 Å². The summed E-state index contributed by atoms with van der Waals surface area (Å²) < 4.78 is 0. The maximum Gasteiger partial charge on any atom is 0.326 e. The lowest BCUT2D eigenvalue weighted by atomic mass is 10.1. The molecule has 6 N–H and O–H groups in total. The van der Waals surface area contributed by atoms with Gasteiger partial charge in [0.25, 0.3) is 0 Å². The van der Waals surface area contributed by atoms with Crippen molar-refractivity contribution in [3.63, 3.8) is 0 Å². The molecule has 1 aromatic carbocycles. The summed E-state index contributed by atoms with van der Waals surface area (Å²) in [5, 5.41) is 11.3. The number of primary amides is 1. The van der Waals surface area contributed by atoms with Crippen molar-refractivity contribution in [2.45, 2.75) is 31.8 Å². The first-order valence-electron chi connectivity index (χ1n) is 7.35. The number of nitrogens with two attached hydrogens (primary N) is 2. The minimum absolute atomic E-state index is 0.301. The van der Waals surface area contributed by atoms with Crippen molar-refractivity contribution in [3.05, 3.63) is 35.9 Å². The first-order valence-corrected chi connectivity index (χ1v) is 8.75. The SMILES string of the molecule is CC(=O)N[C@@H](Cc1ccccc1)C(=O)O.CSCCC(N)C(N)=O. The quantitative estimate of drug-likeness (QED) is 0.532. The molecule has 0 fully saturated rings. The molecule has 2 atom stereocenters. The molecular formula is C16H25N3O4S. The van der Waals surface area contributed by atoms with Crippen LogP contribution in [-0.2, 0) is 20.8 Å². The molecule has 7 nitrogen and oxygen atoms in total. The number of rotatable bonds is 8. The molecule has 24 heavy (non-hydrogen) atoms. The summed E-state index contributed by atoms with van der Waals surface area (Å²) in [6.45, 7) is 1.31. The Morgan fingerprint density at radius 1 is 1.25 bits per heavy atom. The van der Waals surface area contributed by atoms with Crippen LogP contribution >= 0.6 is 11.8 Å². The lowest BCUT2D eigenvalue weighted by Gasteiger charge is -2.12. The van der Waals surface area contributed by atoms with Crippen LogP contribution in [0.1, 0.15) is 18.9 Å². The molecule has 0 saturated heterocycles. The van der Waals surface area contributed by atoms with E-state index in [-0.39, 0.29) is 5.91 Å². The van der Waals surface area contributed by atoms with Crippen molar-refractivity contribution in [1.29, 1.82) is 0 Å². The summed E-state index contributed by atoms with van der Waals surface area (Å²) in [5.41, 5.74) is 11.1. The van der Waals surface area contributed by atoms with Gasteiger partial charge in [-0.15, -0.1) is 0 Å². The average molecular weight is 355 g/mol. The normalized spacial score (nSPS) is 12.3. The van der Waals surface area contributed by atoms with E-state index < -0.39 is 24.0 Å². The van der Waals surface area contributed by atoms with Gasteiger partial charge in [0.1, 0.15) is 6.04 Å². The molecule has 1 aromatic rings. The van der Waals surface area contributed by atoms with Gasteiger partial charge < -0.3 is 21.9 Å². The van der Waals surface area contributed by atoms with Gasteiger partial charge in [-0.3, -0.25) is 9.59 Å². The number of carbonyl (C=O) groups is 3. The van der Waals surface area contributed by atoms with E-state index >= 15 is 0 Å². The zero-order valence-electron chi connectivity index (χ0n) is 13.9. The number of carbonyl (C=O) groups excluding carboxylic acids is 2. The van der Waals surface area contributed by atoms with Gasteiger partial charge in [0.05, 0.1) is 6.04 Å². The van der Waals surface area contributed by atoms with Crippen molar-refractivity contribution < 1.29 is 19.5 Å². The number of hydrogen-bond acceptors (Lipinski definition) is 5. The van der Waals surface area contributed by atoms with Crippen molar-refractivity contribution in [2.75, 3.05) is 12.0 Å². The number of nitrogens with one attached hydrogen (secondary N) is 1. The molecule has 0 aliphatic rings. The second-order valence-corrected chi connectivity index (χ2v) is 6.06. The predicted molar refractivity (Wildman–Crippen MR) is 95.6 cm³/mol. The number of hydrogen-bond donors (Lipinski definition) is 4. The topological polar surface area (TPSA) is 136 Å². The fraction of sp³-hybridized carbons (Fsp3) is 0.438. The van der Waals surface area contributed by atoms with Crippen LogP contribution in [0.15, 0.2) is 30.3 Å². The minimum Gasteiger partial charge on any atom is -0.480 e. The third-order valence-electron chi connectivity index (χ3n) is 2.96. The van der Waals surface area contributed by atoms with E-state index in [0.717, 1.165) is 11.3 Å². The first kappa shape index (κ1) is 21.9. The Balaban J connectivity index is 0.000000506. The second kappa shape index (κ2) is 12.4. The van der Waals surface area contributed by atoms with E-state index in [1.54, 1.807) is 11.8 Å². The minimum atomic E-state index is -1.02. The molecule has 0 aliphatic carbocycles. The van der Waals surface area contributed by atoms with Crippen LogP contribution in [0.4, 0.5) is 0 Å². The molecule has 8 heteroatoms. The smallest absolute Gasteiger partial charge is 0.326 e. The predicted octanol–water partition coefficient (Wildman–Crippen LogP) is 0.371. The summed E-state index contributed by atoms with van der Waals surface area (Å²) in [5.74, 6) is -0.874. The maximum atomic E-state index is 10.8. The Bertz CT molecular complexity index is 525. The summed E-state index contributed by atoms with van der Waals surface area (Å²) in [7, 11) is 0. The van der Waals surface area contributed by atoms with Gasteiger partial charge in [0.2, 0.25) is 11.8 Å². The Labute approximate surface area is 146 Å². The molecule has 2 amide bonds. The largest absolute Gasteiger partial charge is 0.480 e. The molecule has 0 aromatic heterocycles. The van der Waals surface area contributed by atoms with Crippen LogP contribution in [0.5, 0.6) is 0 Å². The maximum absolute atomic E-state index is 10.8. The zero-order valence-corrected chi connectivity index (χ0v) is 14.7. The van der Waals surface area contributed by atoms with E-state index in [1.807, 2.05) is 36.6 Å². The average Bonchev–Trinajstić information content (AvgIpc) is 2.53. The van der Waals surface area contributed by atoms with Gasteiger partial charge in [-0.2, -0.15) is 11.8 Å². The second-order valence-electron chi connectivity index (χ2n) is 5.07. The molecule has 134 valence electrons. The Kier molecular flexibility index (Phi) is 11.3. The third-order valence-corrected chi connectivity index (χ3v) is 3.60. The molecule has 0 radical (unpaired) electrons. The highest BCUT2D eigenvalue weighted by Gasteiger charge is 2.18. The number of aliphatic carboxylic acids is 1. The van der Waals surface area contributed by atoms with Crippen molar-refractivity contribution >= 4 is 29.5 Å². The highest BCUT2D eigenvalue weighted by molar-refractivity contribution is 7.98. The molecule has 0 aliphatic heterocycles. The monoisotopic (exact) mass is 355 g/mol. The highest BCUT2D eigenvalue weighted by atomic mass is 32.2. The van der Waals surface area contributed by atoms with Crippen LogP contribution in [-0.4, -0.2) is 47.0 Å². The van der Waals surface area contributed by atoms with Crippen LogP contribution in [0, 0.1) is 0 Å². The van der Waals surface area contributed by atoms with Crippen molar-refractivity contribution in [1.82, 2.24) is 5.32 Å². The zero-order chi connectivity index (χ0) is 18.5. The fourth-order valence-corrected chi connectivity index (χ4v) is 2.17. The Morgan fingerprint density at radius 3 is 2.25 bits per heavy atom. The van der Waals surface area contributed by atoms with Gasteiger partial charge in [-0.05, 0) is 24.0 Å². The number of thioether (sulfide) groups is 1. The lowest BCUT2D eigenvalue weighted by molar-refractivity contribution is -0.141. The summed E-state index contributed by atoms with van der Waals surface area (Å²) in [6, 6.07) is 7.87. The van der Waals surface area contributed by atoms with Gasteiger partial charge in [-0.1, -0.05) is 30.3 Å². The molecule has 1 unspecified atom stereocenters. The van der Waals surface area contributed by atoms with Crippen LogP contribution in [0.25, 0.3) is 0 Å². The number of amides is 2. The van der Waals surface area contributed by atoms with Gasteiger partial charge >= 0.3 is 5.97 Å². The molecule has 0 saturated carbocycles. The van der Waals surface area contributed by atoms with Crippen LogP contribution in [0.2, 0.25) is 0 Å². The highest BCUT2D eigenvalue weighted by Crippen LogP contribution is 2.03. The molecule has 0 spiro atoms. The van der Waals surface area contributed by atoms with E-state index in [9.17, 15) is 14.4 Å². The van der Waals surface area contributed by atoms with E-state index in [0.29, 0.717) is 12.8 Å². The molecular weight excluding hydrogens is 330 g/mol. The van der Waals surface area contributed by atoms with E-state index in [2.05, 4.69) is 5.32 Å². The number of benzene rings is 1. The number of carboxylic acid groups (broad SMARTS) is 1. The van der Waals surface area contributed by atoms with Crippen molar-refractivity contribution in [3.8, 4) is 0 Å². The Morgan fingerprint density at radius 2 is 1.83 bits per heavy atom. The molecule has 1 rings (SSSR count). The standard InChI is InChI=1S/C11H13NO3.C5H12N2OS/c1-8(13)12-10(11(14)15)7-9-5-3-2-4-6-9;1-9-3-2-4(6)5(7)8/h2-6,10H,7H2,1H3,(H,12,13)(H,14,15);4H,2-3,6H2,1H3,(H2,7,8)/t10-;/m0./s1. The summed E-state index contributed by atoms with van der Waals surface area (Å²) in [6.07, 6.45) is 2.94. The molecule has 0 bridgehead atoms. The molecule has 0 heterocycles. The van der Waals surface area contributed by atoms with Crippen LogP contribution in [0.3, 0.4) is 0 Å². The first-order chi connectivity index (χ1) is 11.3. The van der Waals surface area contributed by atoms with Gasteiger partial charge in [0.15, 0.2) is 0 Å². The fourth-order valence-electron chi connectivity index (χ4n) is 1.68. The van der Waals surface area contributed by atoms with E-state index in [1.165, 1.54) is 6.92 Å². The van der Waals surface area contributed by atoms with E-state index in [4.69, 9.17) is 16.6 Å². The van der Waals surface area contributed by atoms with Crippen molar-refractivity contribution in [2.24, 2.45) is 11.5 Å². The lowest BCUT2D eigenvalue weighted by Crippen LogP contribution is -2.41. The third kappa shape index (κ3) is 10.6. The Hall–Kier alpha value is -2.06. The summed E-state index contributed by atoms with van der Waals surface area (Å²) in [4.78, 5) is 31.9. The van der Waals surface area contributed by atoms with Gasteiger partial charge in [-0.25, -0.2) is 4.79 Å². The number of carboxylic acids is 1. The van der Waals surface area contributed by atoms with Crippen LogP contribution < -0.4 is 16.8 Å².